The monoisotopic (exact) mass is 352 g/mol. The minimum absolute atomic E-state index is 0.0676. The summed E-state index contributed by atoms with van der Waals surface area (Å²) in [6.07, 6.45) is 3.01. The van der Waals surface area contributed by atoms with Gasteiger partial charge >= 0.3 is 11.9 Å². The van der Waals surface area contributed by atoms with E-state index in [1.165, 1.54) is 7.11 Å². The SMILES string of the molecule is COC(=O)/C(=C/C(=C/c1ccccc1)c1ccc(OC)cc1)CC(=O)O. The van der Waals surface area contributed by atoms with Crippen LogP contribution in [0.2, 0.25) is 0 Å². The largest absolute Gasteiger partial charge is 0.497 e. The Morgan fingerprint density at radius 3 is 2.19 bits per heavy atom. The molecule has 2 rings (SSSR count). The molecule has 26 heavy (non-hydrogen) atoms. The van der Waals surface area contributed by atoms with Crippen molar-refractivity contribution in [2.75, 3.05) is 14.2 Å². The van der Waals surface area contributed by atoms with Crippen LogP contribution in [0.15, 0.2) is 66.2 Å². The zero-order valence-corrected chi connectivity index (χ0v) is 14.6. The molecule has 0 atom stereocenters. The van der Waals surface area contributed by atoms with Crippen molar-refractivity contribution in [2.45, 2.75) is 6.42 Å². The molecule has 0 amide bonds. The zero-order valence-electron chi connectivity index (χ0n) is 14.6. The molecule has 5 nitrogen and oxygen atoms in total. The van der Waals surface area contributed by atoms with Crippen molar-refractivity contribution >= 4 is 23.6 Å². The Morgan fingerprint density at radius 1 is 1.00 bits per heavy atom. The molecule has 0 unspecified atom stereocenters. The summed E-state index contributed by atoms with van der Waals surface area (Å²) in [5, 5.41) is 9.09. The van der Waals surface area contributed by atoms with E-state index in [9.17, 15) is 9.59 Å². The number of carboxylic acids is 1. The second-order valence-corrected chi connectivity index (χ2v) is 5.47. The predicted molar refractivity (Wildman–Crippen MR) is 99.7 cm³/mol. The van der Waals surface area contributed by atoms with Gasteiger partial charge < -0.3 is 14.6 Å². The molecule has 0 aliphatic rings. The van der Waals surface area contributed by atoms with Gasteiger partial charge in [0.25, 0.3) is 0 Å². The summed E-state index contributed by atoms with van der Waals surface area (Å²) >= 11 is 0. The average molecular weight is 352 g/mol. The van der Waals surface area contributed by atoms with Gasteiger partial charge in [-0.2, -0.15) is 0 Å². The van der Waals surface area contributed by atoms with Crippen molar-refractivity contribution in [2.24, 2.45) is 0 Å². The summed E-state index contributed by atoms with van der Waals surface area (Å²) in [4.78, 5) is 23.1. The summed E-state index contributed by atoms with van der Waals surface area (Å²) in [7, 11) is 2.81. The van der Waals surface area contributed by atoms with E-state index in [4.69, 9.17) is 14.6 Å². The third-order valence-electron chi connectivity index (χ3n) is 3.66. The molecule has 5 heteroatoms. The van der Waals surface area contributed by atoms with Crippen LogP contribution in [0.25, 0.3) is 11.6 Å². The number of ether oxygens (including phenoxy) is 2. The molecule has 0 radical (unpaired) electrons. The van der Waals surface area contributed by atoms with E-state index in [0.29, 0.717) is 11.3 Å². The molecule has 0 fully saturated rings. The molecule has 0 spiro atoms. The molecule has 0 saturated carbocycles. The number of hydrogen-bond acceptors (Lipinski definition) is 4. The van der Waals surface area contributed by atoms with Crippen molar-refractivity contribution in [1.29, 1.82) is 0 Å². The Labute approximate surface area is 152 Å². The van der Waals surface area contributed by atoms with Crippen LogP contribution in [0.3, 0.4) is 0 Å². The molecule has 0 bridgehead atoms. The van der Waals surface area contributed by atoms with Crippen molar-refractivity contribution in [3.63, 3.8) is 0 Å². The van der Waals surface area contributed by atoms with Gasteiger partial charge in [0.15, 0.2) is 0 Å². The molecule has 134 valence electrons. The maximum atomic E-state index is 12.0. The van der Waals surface area contributed by atoms with Crippen LogP contribution < -0.4 is 4.74 Å². The molecule has 0 heterocycles. The van der Waals surface area contributed by atoms with E-state index in [1.807, 2.05) is 48.5 Å². The van der Waals surface area contributed by atoms with Gasteiger partial charge in [-0.1, -0.05) is 42.5 Å². The number of carboxylic acid groups (broad SMARTS) is 1. The standard InChI is InChI=1S/C21H20O5/c1-25-19-10-8-16(9-11-19)17(12-15-6-4-3-5-7-15)13-18(14-20(22)23)21(24)26-2/h3-13H,14H2,1-2H3,(H,22,23)/b17-12-,18-13+. The highest BCUT2D eigenvalue weighted by molar-refractivity contribution is 5.99. The number of benzene rings is 2. The number of aliphatic carboxylic acids is 1. The van der Waals surface area contributed by atoms with Gasteiger partial charge in [0.2, 0.25) is 0 Å². The predicted octanol–water partition coefficient (Wildman–Crippen LogP) is 3.81. The minimum Gasteiger partial charge on any atom is -0.497 e. The third kappa shape index (κ3) is 5.34. The Bertz CT molecular complexity index is 817. The second-order valence-electron chi connectivity index (χ2n) is 5.47. The lowest BCUT2D eigenvalue weighted by Gasteiger charge is -2.08. The lowest BCUT2D eigenvalue weighted by atomic mass is 9.99. The highest BCUT2D eigenvalue weighted by atomic mass is 16.5. The van der Waals surface area contributed by atoms with Gasteiger partial charge in [-0.25, -0.2) is 4.79 Å². The highest BCUT2D eigenvalue weighted by Gasteiger charge is 2.15. The Kier molecular flexibility index (Phi) is 6.74. The van der Waals surface area contributed by atoms with Crippen molar-refractivity contribution < 1.29 is 24.2 Å². The van der Waals surface area contributed by atoms with E-state index in [0.717, 1.165) is 11.1 Å². The fraction of sp³-hybridized carbons (Fsp3) is 0.143. The molecule has 0 aliphatic carbocycles. The number of hydrogen-bond donors (Lipinski definition) is 1. The molecular weight excluding hydrogens is 332 g/mol. The van der Waals surface area contributed by atoms with Crippen LogP contribution in [0.1, 0.15) is 17.5 Å². The van der Waals surface area contributed by atoms with E-state index in [2.05, 4.69) is 0 Å². The maximum absolute atomic E-state index is 12.0. The van der Waals surface area contributed by atoms with E-state index in [1.54, 1.807) is 25.3 Å². The Hall–Kier alpha value is -3.34. The number of allylic oxidation sites excluding steroid dienone is 2. The minimum atomic E-state index is -1.10. The van der Waals surface area contributed by atoms with Crippen LogP contribution in [0.5, 0.6) is 5.75 Å². The zero-order chi connectivity index (χ0) is 18.9. The van der Waals surface area contributed by atoms with Gasteiger partial charge in [-0.15, -0.1) is 0 Å². The lowest BCUT2D eigenvalue weighted by Crippen LogP contribution is -2.09. The topological polar surface area (TPSA) is 72.8 Å². The lowest BCUT2D eigenvalue weighted by molar-refractivity contribution is -0.141. The molecule has 2 aromatic carbocycles. The molecule has 0 saturated heterocycles. The highest BCUT2D eigenvalue weighted by Crippen LogP contribution is 2.24. The van der Waals surface area contributed by atoms with E-state index >= 15 is 0 Å². The first-order valence-corrected chi connectivity index (χ1v) is 7.95. The fourth-order valence-electron chi connectivity index (χ4n) is 2.38. The summed E-state index contributed by atoms with van der Waals surface area (Å²) in [6.45, 7) is 0. The first kappa shape index (κ1) is 19.0. The first-order chi connectivity index (χ1) is 12.5. The number of rotatable bonds is 7. The van der Waals surface area contributed by atoms with Gasteiger partial charge in [0.05, 0.1) is 20.6 Å². The maximum Gasteiger partial charge on any atom is 0.334 e. The normalized spacial score (nSPS) is 11.8. The smallest absolute Gasteiger partial charge is 0.334 e. The van der Waals surface area contributed by atoms with Crippen LogP contribution >= 0.6 is 0 Å². The Balaban J connectivity index is 2.54. The average Bonchev–Trinajstić information content (AvgIpc) is 2.66. The van der Waals surface area contributed by atoms with Crippen LogP contribution in [0.4, 0.5) is 0 Å². The molecule has 0 aliphatic heterocycles. The molecule has 1 N–H and O–H groups in total. The summed E-state index contributed by atoms with van der Waals surface area (Å²) < 4.78 is 9.89. The van der Waals surface area contributed by atoms with E-state index in [-0.39, 0.29) is 5.57 Å². The van der Waals surface area contributed by atoms with Crippen molar-refractivity contribution in [3.8, 4) is 5.75 Å². The van der Waals surface area contributed by atoms with Gasteiger partial charge in [0.1, 0.15) is 5.75 Å². The molecule has 0 aromatic heterocycles. The van der Waals surface area contributed by atoms with Crippen LogP contribution in [-0.2, 0) is 14.3 Å². The summed E-state index contributed by atoms with van der Waals surface area (Å²) in [5.41, 5.74) is 2.51. The number of esters is 1. The third-order valence-corrected chi connectivity index (χ3v) is 3.66. The van der Waals surface area contributed by atoms with Crippen LogP contribution in [-0.4, -0.2) is 31.3 Å². The Morgan fingerprint density at radius 2 is 1.65 bits per heavy atom. The van der Waals surface area contributed by atoms with Gasteiger partial charge in [-0.3, -0.25) is 4.79 Å². The number of carbonyl (C=O) groups is 2. The number of methoxy groups -OCH3 is 2. The van der Waals surface area contributed by atoms with E-state index < -0.39 is 18.4 Å². The quantitative estimate of drug-likeness (QED) is 0.355. The summed E-state index contributed by atoms with van der Waals surface area (Å²) in [5.74, 6) is -1.06. The number of carbonyl (C=O) groups excluding carboxylic acids is 1. The second kappa shape index (κ2) is 9.22. The molecule has 2 aromatic rings. The van der Waals surface area contributed by atoms with Crippen LogP contribution in [0, 0.1) is 0 Å². The van der Waals surface area contributed by atoms with Gasteiger partial charge in [0, 0.05) is 5.57 Å². The van der Waals surface area contributed by atoms with Crippen molar-refractivity contribution in [3.05, 3.63) is 77.4 Å². The first-order valence-electron chi connectivity index (χ1n) is 7.95. The fourth-order valence-corrected chi connectivity index (χ4v) is 2.38. The van der Waals surface area contributed by atoms with Gasteiger partial charge in [-0.05, 0) is 41.0 Å². The van der Waals surface area contributed by atoms with Crippen molar-refractivity contribution in [1.82, 2.24) is 0 Å². The molecular formula is C21H20O5. The summed E-state index contributed by atoms with van der Waals surface area (Å²) in [6, 6.07) is 16.9.